The van der Waals surface area contributed by atoms with Crippen LogP contribution in [-0.2, 0) is 11.3 Å². The summed E-state index contributed by atoms with van der Waals surface area (Å²) in [5.74, 6) is 2.41. The maximum Gasteiger partial charge on any atom is 0.222 e. The van der Waals surface area contributed by atoms with Crippen LogP contribution in [0.1, 0.15) is 57.2 Å². The third-order valence-electron chi connectivity index (χ3n) is 5.69. The minimum absolute atomic E-state index is 0.340. The molecule has 1 aliphatic carbocycles. The third-order valence-corrected chi connectivity index (χ3v) is 5.69. The lowest BCUT2D eigenvalue weighted by Crippen LogP contribution is -2.30. The predicted octanol–water partition coefficient (Wildman–Crippen LogP) is 3.35. The zero-order chi connectivity index (χ0) is 16.5. The molecule has 3 heterocycles. The number of pyridine rings is 1. The monoisotopic (exact) mass is 326 g/mol. The highest BCUT2D eigenvalue weighted by Crippen LogP contribution is 2.32. The molecule has 0 bridgehead atoms. The Labute approximate surface area is 143 Å². The molecule has 0 aromatic carbocycles. The first-order valence-corrected chi connectivity index (χ1v) is 9.35. The van der Waals surface area contributed by atoms with Gasteiger partial charge in [-0.2, -0.15) is 0 Å². The highest BCUT2D eigenvalue weighted by atomic mass is 16.2. The smallest absolute Gasteiger partial charge is 0.222 e. The fourth-order valence-electron chi connectivity index (χ4n) is 4.39. The van der Waals surface area contributed by atoms with Crippen LogP contribution in [0, 0.1) is 5.92 Å². The van der Waals surface area contributed by atoms with Crippen molar-refractivity contribution in [2.45, 2.75) is 57.9 Å². The number of aromatic nitrogens is 3. The zero-order valence-electron chi connectivity index (χ0n) is 14.4. The lowest BCUT2D eigenvalue weighted by molar-refractivity contribution is -0.131. The van der Waals surface area contributed by atoms with Crippen molar-refractivity contribution in [1.29, 1.82) is 0 Å². The second-order valence-corrected chi connectivity index (χ2v) is 7.24. The molecule has 1 unspecified atom stereocenters. The van der Waals surface area contributed by atoms with Crippen LogP contribution in [-0.4, -0.2) is 38.4 Å². The molecule has 1 atom stereocenters. The number of imidazole rings is 1. The summed E-state index contributed by atoms with van der Waals surface area (Å²) in [5, 5.41) is 0. The summed E-state index contributed by atoms with van der Waals surface area (Å²) >= 11 is 0. The summed E-state index contributed by atoms with van der Waals surface area (Å²) in [4.78, 5) is 24.0. The van der Waals surface area contributed by atoms with Crippen LogP contribution in [0.15, 0.2) is 18.3 Å². The molecular formula is C19H26N4O. The van der Waals surface area contributed by atoms with Gasteiger partial charge in [0.1, 0.15) is 11.3 Å². The van der Waals surface area contributed by atoms with E-state index in [0.29, 0.717) is 17.7 Å². The van der Waals surface area contributed by atoms with E-state index in [9.17, 15) is 4.79 Å². The number of nitrogens with zero attached hydrogens (tertiary/aromatic N) is 4. The van der Waals surface area contributed by atoms with Crippen LogP contribution in [0.3, 0.4) is 0 Å². The van der Waals surface area contributed by atoms with Gasteiger partial charge >= 0.3 is 0 Å². The van der Waals surface area contributed by atoms with Gasteiger partial charge in [-0.25, -0.2) is 9.97 Å². The fourth-order valence-corrected chi connectivity index (χ4v) is 4.39. The summed E-state index contributed by atoms with van der Waals surface area (Å²) in [6.45, 7) is 4.69. The van der Waals surface area contributed by atoms with Gasteiger partial charge < -0.3 is 9.47 Å². The van der Waals surface area contributed by atoms with Gasteiger partial charge in [0.25, 0.3) is 0 Å². The average Bonchev–Trinajstić information content (AvgIpc) is 3.33. The van der Waals surface area contributed by atoms with E-state index in [1.807, 2.05) is 18.3 Å². The predicted molar refractivity (Wildman–Crippen MR) is 93.7 cm³/mol. The second kappa shape index (κ2) is 6.54. The summed E-state index contributed by atoms with van der Waals surface area (Å²) in [6, 6.07) is 3.96. The van der Waals surface area contributed by atoms with Crippen LogP contribution in [0.5, 0.6) is 0 Å². The molecule has 2 aromatic rings. The maximum atomic E-state index is 12.6. The van der Waals surface area contributed by atoms with Crippen molar-refractivity contribution in [3.05, 3.63) is 24.2 Å². The van der Waals surface area contributed by atoms with Crippen LogP contribution in [0.4, 0.5) is 0 Å². The SMILES string of the molecule is CCn1c(C2CCN(C(=O)CC3CCCC3)C2)nc2cccnc21. The molecule has 0 radical (unpaired) electrons. The van der Waals surface area contributed by atoms with Crippen LogP contribution < -0.4 is 0 Å². The highest BCUT2D eigenvalue weighted by molar-refractivity contribution is 5.77. The van der Waals surface area contributed by atoms with E-state index in [1.54, 1.807) is 0 Å². The minimum atomic E-state index is 0.340. The van der Waals surface area contributed by atoms with Crippen molar-refractivity contribution >= 4 is 17.1 Å². The largest absolute Gasteiger partial charge is 0.342 e. The van der Waals surface area contributed by atoms with Gasteiger partial charge in [0.05, 0.1) is 0 Å². The van der Waals surface area contributed by atoms with Gasteiger partial charge in [-0.15, -0.1) is 0 Å². The lowest BCUT2D eigenvalue weighted by atomic mass is 10.0. The summed E-state index contributed by atoms with van der Waals surface area (Å²) < 4.78 is 2.21. The molecule has 4 rings (SSSR count). The Morgan fingerprint density at radius 1 is 1.29 bits per heavy atom. The third kappa shape index (κ3) is 2.80. The number of amides is 1. The molecule has 2 aromatic heterocycles. The van der Waals surface area contributed by atoms with Gasteiger partial charge in [-0.05, 0) is 44.2 Å². The molecule has 0 N–H and O–H groups in total. The zero-order valence-corrected chi connectivity index (χ0v) is 14.4. The van der Waals surface area contributed by atoms with E-state index >= 15 is 0 Å². The number of aryl methyl sites for hydroxylation is 1. The quantitative estimate of drug-likeness (QED) is 0.866. The van der Waals surface area contributed by atoms with E-state index in [2.05, 4.69) is 21.4 Å². The first-order chi connectivity index (χ1) is 11.8. The summed E-state index contributed by atoms with van der Waals surface area (Å²) in [5.41, 5.74) is 1.93. The molecule has 1 amide bonds. The molecule has 24 heavy (non-hydrogen) atoms. The van der Waals surface area contributed by atoms with Gasteiger partial charge in [0.2, 0.25) is 5.91 Å². The molecule has 5 nitrogen and oxygen atoms in total. The van der Waals surface area contributed by atoms with Gasteiger partial charge in [-0.1, -0.05) is 12.8 Å². The first kappa shape index (κ1) is 15.6. The number of carbonyl (C=O) groups is 1. The molecule has 5 heteroatoms. The Morgan fingerprint density at radius 2 is 2.12 bits per heavy atom. The van der Waals surface area contributed by atoms with E-state index < -0.39 is 0 Å². The van der Waals surface area contributed by atoms with E-state index in [4.69, 9.17) is 4.98 Å². The van der Waals surface area contributed by atoms with Gasteiger partial charge in [0.15, 0.2) is 5.65 Å². The van der Waals surface area contributed by atoms with E-state index in [-0.39, 0.29) is 0 Å². The van der Waals surface area contributed by atoms with Crippen LogP contribution in [0.2, 0.25) is 0 Å². The van der Waals surface area contributed by atoms with Crippen LogP contribution >= 0.6 is 0 Å². The van der Waals surface area contributed by atoms with Crippen molar-refractivity contribution < 1.29 is 4.79 Å². The Kier molecular flexibility index (Phi) is 4.25. The molecule has 2 fully saturated rings. The number of hydrogen-bond donors (Lipinski definition) is 0. The topological polar surface area (TPSA) is 51.0 Å². The molecule has 1 saturated heterocycles. The molecular weight excluding hydrogens is 300 g/mol. The highest BCUT2D eigenvalue weighted by Gasteiger charge is 2.32. The lowest BCUT2D eigenvalue weighted by Gasteiger charge is -2.19. The van der Waals surface area contributed by atoms with Gasteiger partial charge in [-0.3, -0.25) is 4.79 Å². The number of carbonyl (C=O) groups excluding carboxylic acids is 1. The van der Waals surface area contributed by atoms with E-state index in [1.165, 1.54) is 25.7 Å². The van der Waals surface area contributed by atoms with Crippen molar-refractivity contribution in [3.63, 3.8) is 0 Å². The van der Waals surface area contributed by atoms with Gasteiger partial charge in [0, 0.05) is 38.2 Å². The minimum Gasteiger partial charge on any atom is -0.342 e. The number of fused-ring (bicyclic) bond motifs is 1. The van der Waals surface area contributed by atoms with Crippen molar-refractivity contribution in [3.8, 4) is 0 Å². The molecule has 0 spiro atoms. The first-order valence-electron chi connectivity index (χ1n) is 9.35. The normalized spacial score (nSPS) is 21.9. The fraction of sp³-hybridized carbons (Fsp3) is 0.632. The molecule has 128 valence electrons. The second-order valence-electron chi connectivity index (χ2n) is 7.24. The Bertz CT molecular complexity index is 732. The summed E-state index contributed by atoms with van der Waals surface area (Å²) in [6.07, 6.45) is 8.66. The Balaban J connectivity index is 1.49. The van der Waals surface area contributed by atoms with Crippen molar-refractivity contribution in [1.82, 2.24) is 19.4 Å². The molecule has 1 aliphatic heterocycles. The molecule has 2 aliphatic rings. The van der Waals surface area contributed by atoms with Crippen molar-refractivity contribution in [2.75, 3.05) is 13.1 Å². The molecule has 1 saturated carbocycles. The standard InChI is InChI=1S/C19H26N4O/c1-2-23-18(21-16-8-5-10-20-19(16)23)15-9-11-22(13-15)17(24)12-14-6-3-4-7-14/h5,8,10,14-15H,2-4,6-7,9,11-13H2,1H3. The Morgan fingerprint density at radius 3 is 2.92 bits per heavy atom. The number of likely N-dealkylation sites (tertiary alicyclic amines) is 1. The number of hydrogen-bond acceptors (Lipinski definition) is 3. The Hall–Kier alpha value is -1.91. The van der Waals surface area contributed by atoms with Crippen LogP contribution in [0.25, 0.3) is 11.2 Å². The number of rotatable bonds is 4. The maximum absolute atomic E-state index is 12.6. The van der Waals surface area contributed by atoms with Crippen molar-refractivity contribution in [2.24, 2.45) is 5.92 Å². The van der Waals surface area contributed by atoms with E-state index in [0.717, 1.165) is 49.5 Å². The summed E-state index contributed by atoms with van der Waals surface area (Å²) in [7, 11) is 0. The average molecular weight is 326 g/mol.